The number of ether oxygens (including phenoxy) is 1. The molecule has 1 aromatic carbocycles. The molecule has 0 atom stereocenters. The number of aromatic amines is 1. The second-order valence-corrected chi connectivity index (χ2v) is 2.94. The lowest BCUT2D eigenvalue weighted by Gasteiger charge is -1.99. The van der Waals surface area contributed by atoms with Crippen molar-refractivity contribution >= 4 is 10.9 Å². The van der Waals surface area contributed by atoms with Crippen LogP contribution in [0.25, 0.3) is 10.9 Å². The fourth-order valence-corrected chi connectivity index (χ4v) is 1.49. The minimum Gasteiger partial charge on any atom is -0.497 e. The average molecular weight is 174 g/mol. The molecule has 2 aromatic rings. The summed E-state index contributed by atoms with van der Waals surface area (Å²) in [6.45, 7) is 2.03. The molecule has 1 heterocycles. The first-order chi connectivity index (χ1) is 6.35. The molecule has 0 saturated carbocycles. The lowest BCUT2D eigenvalue weighted by molar-refractivity contribution is 0.415. The molecule has 0 unspecified atom stereocenters. The van der Waals surface area contributed by atoms with Crippen LogP contribution in [0, 0.1) is 6.42 Å². The van der Waals surface area contributed by atoms with E-state index in [9.17, 15) is 0 Å². The Morgan fingerprint density at radius 2 is 2.23 bits per heavy atom. The molecule has 0 amide bonds. The zero-order chi connectivity index (χ0) is 9.26. The van der Waals surface area contributed by atoms with Gasteiger partial charge in [0, 0.05) is 17.1 Å². The molecule has 0 bridgehead atoms. The minimum atomic E-state index is 0.898. The van der Waals surface area contributed by atoms with Crippen LogP contribution in [0.15, 0.2) is 24.4 Å². The van der Waals surface area contributed by atoms with Gasteiger partial charge < -0.3 is 9.72 Å². The molecule has 2 rings (SSSR count). The van der Waals surface area contributed by atoms with Crippen LogP contribution in [0.5, 0.6) is 5.75 Å². The van der Waals surface area contributed by atoms with Crippen LogP contribution in [-0.4, -0.2) is 12.1 Å². The number of rotatable bonds is 2. The normalized spacial score (nSPS) is 10.6. The van der Waals surface area contributed by atoms with Crippen molar-refractivity contribution in [3.05, 3.63) is 36.4 Å². The van der Waals surface area contributed by atoms with E-state index in [2.05, 4.69) is 11.4 Å². The molecule has 0 aliphatic heterocycles. The second kappa shape index (κ2) is 3.13. The summed E-state index contributed by atoms with van der Waals surface area (Å²) in [6.07, 6.45) is 4.09. The summed E-state index contributed by atoms with van der Waals surface area (Å²) in [5.74, 6) is 0.898. The molecule has 1 N–H and O–H groups in total. The van der Waals surface area contributed by atoms with Crippen molar-refractivity contribution in [2.24, 2.45) is 0 Å². The Morgan fingerprint density at radius 3 is 2.92 bits per heavy atom. The molecule has 2 heteroatoms. The third-order valence-electron chi connectivity index (χ3n) is 2.23. The molecule has 67 valence electrons. The molecule has 1 aromatic heterocycles. The third-order valence-corrected chi connectivity index (χ3v) is 2.23. The van der Waals surface area contributed by atoms with Gasteiger partial charge in [-0.25, -0.2) is 0 Å². The molecule has 13 heavy (non-hydrogen) atoms. The molecule has 0 aliphatic rings. The maximum Gasteiger partial charge on any atom is 0.119 e. The average Bonchev–Trinajstić information content (AvgIpc) is 2.59. The van der Waals surface area contributed by atoms with E-state index in [0.717, 1.165) is 11.3 Å². The van der Waals surface area contributed by atoms with Gasteiger partial charge in [-0.1, -0.05) is 6.92 Å². The Bertz CT molecular complexity index is 417. The number of fused-ring (bicyclic) bond motifs is 1. The lowest BCUT2D eigenvalue weighted by Crippen LogP contribution is -1.81. The van der Waals surface area contributed by atoms with E-state index < -0.39 is 0 Å². The number of nitrogens with one attached hydrogen (secondary N) is 1. The first-order valence-electron chi connectivity index (χ1n) is 4.29. The Morgan fingerprint density at radius 1 is 1.38 bits per heavy atom. The summed E-state index contributed by atoms with van der Waals surface area (Å²) >= 11 is 0. The molecular formula is C11H12NO. The highest BCUT2D eigenvalue weighted by Crippen LogP contribution is 2.24. The van der Waals surface area contributed by atoms with Crippen LogP contribution >= 0.6 is 0 Å². The van der Waals surface area contributed by atoms with Gasteiger partial charge in [-0.2, -0.15) is 0 Å². The lowest BCUT2D eigenvalue weighted by atomic mass is 10.1. The van der Waals surface area contributed by atoms with E-state index in [4.69, 9.17) is 4.74 Å². The van der Waals surface area contributed by atoms with E-state index in [-0.39, 0.29) is 0 Å². The summed E-state index contributed by atoms with van der Waals surface area (Å²) in [6, 6.07) is 6.03. The van der Waals surface area contributed by atoms with Crippen molar-refractivity contribution in [1.82, 2.24) is 4.98 Å². The predicted octanol–water partition coefficient (Wildman–Crippen LogP) is 2.75. The zero-order valence-electron chi connectivity index (χ0n) is 7.79. The molecule has 0 saturated heterocycles. The van der Waals surface area contributed by atoms with E-state index in [1.807, 2.05) is 31.3 Å². The molecule has 0 fully saturated rings. The Kier molecular flexibility index (Phi) is 1.97. The van der Waals surface area contributed by atoms with Gasteiger partial charge in [-0.05, 0) is 30.2 Å². The third kappa shape index (κ3) is 1.28. The number of methoxy groups -OCH3 is 1. The van der Waals surface area contributed by atoms with Crippen LogP contribution in [-0.2, 0) is 0 Å². The van der Waals surface area contributed by atoms with Crippen molar-refractivity contribution in [2.45, 2.75) is 6.92 Å². The van der Waals surface area contributed by atoms with E-state index >= 15 is 0 Å². The first-order valence-corrected chi connectivity index (χ1v) is 4.29. The van der Waals surface area contributed by atoms with Crippen molar-refractivity contribution in [3.63, 3.8) is 0 Å². The summed E-state index contributed by atoms with van der Waals surface area (Å²) in [4.78, 5) is 3.20. The van der Waals surface area contributed by atoms with E-state index in [1.54, 1.807) is 7.11 Å². The topological polar surface area (TPSA) is 25.0 Å². The van der Waals surface area contributed by atoms with Gasteiger partial charge in [0.25, 0.3) is 0 Å². The molecular weight excluding hydrogens is 162 g/mol. The van der Waals surface area contributed by atoms with Crippen LogP contribution < -0.4 is 4.74 Å². The highest BCUT2D eigenvalue weighted by atomic mass is 16.5. The predicted molar refractivity (Wildman–Crippen MR) is 53.9 cm³/mol. The zero-order valence-corrected chi connectivity index (χ0v) is 7.79. The van der Waals surface area contributed by atoms with Crippen molar-refractivity contribution < 1.29 is 4.74 Å². The first kappa shape index (κ1) is 8.17. The maximum absolute atomic E-state index is 5.16. The van der Waals surface area contributed by atoms with Crippen molar-refractivity contribution in [2.75, 3.05) is 7.11 Å². The Balaban J connectivity index is 2.64. The number of H-pyrrole nitrogens is 1. The van der Waals surface area contributed by atoms with Gasteiger partial charge in [0.1, 0.15) is 5.75 Å². The number of hydrogen-bond donors (Lipinski definition) is 1. The monoisotopic (exact) mass is 174 g/mol. The van der Waals surface area contributed by atoms with Crippen molar-refractivity contribution in [3.8, 4) is 5.75 Å². The maximum atomic E-state index is 5.16. The standard InChI is InChI=1S/C11H12NO/c1-3-8-7-12-11-5-4-9(13-2)6-10(8)11/h3-7,12H,1-2H3. The largest absolute Gasteiger partial charge is 0.497 e. The van der Waals surface area contributed by atoms with Gasteiger partial charge in [0.15, 0.2) is 0 Å². The van der Waals surface area contributed by atoms with Gasteiger partial charge in [0.05, 0.1) is 7.11 Å². The fourth-order valence-electron chi connectivity index (χ4n) is 1.49. The SMILES string of the molecule is C[CH]c1c[nH]c2ccc(OC)cc12. The highest BCUT2D eigenvalue weighted by Gasteiger charge is 2.02. The van der Waals surface area contributed by atoms with Crippen LogP contribution in [0.3, 0.4) is 0 Å². The van der Waals surface area contributed by atoms with Crippen LogP contribution in [0.4, 0.5) is 0 Å². The fraction of sp³-hybridized carbons (Fsp3) is 0.182. The van der Waals surface area contributed by atoms with Gasteiger partial charge in [-0.15, -0.1) is 0 Å². The second-order valence-electron chi connectivity index (χ2n) is 2.94. The Hall–Kier alpha value is -1.44. The van der Waals surface area contributed by atoms with Crippen LogP contribution in [0.2, 0.25) is 0 Å². The molecule has 1 radical (unpaired) electrons. The van der Waals surface area contributed by atoms with Crippen molar-refractivity contribution in [1.29, 1.82) is 0 Å². The van der Waals surface area contributed by atoms with Gasteiger partial charge in [-0.3, -0.25) is 0 Å². The molecule has 0 aliphatic carbocycles. The molecule has 2 nitrogen and oxygen atoms in total. The molecule has 0 spiro atoms. The summed E-state index contributed by atoms with van der Waals surface area (Å²) in [7, 11) is 1.68. The quantitative estimate of drug-likeness (QED) is 0.744. The minimum absolute atomic E-state index is 0.898. The smallest absolute Gasteiger partial charge is 0.119 e. The van der Waals surface area contributed by atoms with E-state index in [0.29, 0.717) is 0 Å². The number of benzene rings is 1. The van der Waals surface area contributed by atoms with Gasteiger partial charge >= 0.3 is 0 Å². The summed E-state index contributed by atoms with van der Waals surface area (Å²) in [5.41, 5.74) is 2.36. The summed E-state index contributed by atoms with van der Waals surface area (Å²) in [5, 5.41) is 1.21. The van der Waals surface area contributed by atoms with Gasteiger partial charge in [0.2, 0.25) is 0 Å². The number of aromatic nitrogens is 1. The Labute approximate surface area is 77.5 Å². The number of hydrogen-bond acceptors (Lipinski definition) is 1. The highest BCUT2D eigenvalue weighted by molar-refractivity contribution is 5.85. The summed E-state index contributed by atoms with van der Waals surface area (Å²) < 4.78 is 5.16. The van der Waals surface area contributed by atoms with E-state index in [1.165, 1.54) is 10.9 Å². The van der Waals surface area contributed by atoms with Crippen LogP contribution in [0.1, 0.15) is 12.5 Å².